The number of fused-ring (bicyclic) bond motifs is 2. The summed E-state index contributed by atoms with van der Waals surface area (Å²) in [5, 5.41) is 0. The topological polar surface area (TPSA) is 20.3 Å². The van der Waals surface area contributed by atoms with Crippen molar-refractivity contribution >= 4 is 5.78 Å². The second kappa shape index (κ2) is 3.51. The van der Waals surface area contributed by atoms with Crippen LogP contribution in [-0.2, 0) is 4.79 Å². The average molecular weight is 203 g/mol. The minimum absolute atomic E-state index is 0.320. The highest BCUT2D eigenvalue weighted by atomic mass is 16.1. The van der Waals surface area contributed by atoms with Gasteiger partial charge in [0.2, 0.25) is 0 Å². The number of nitrogens with zero attached hydrogens (tertiary/aromatic N) is 1. The van der Waals surface area contributed by atoms with E-state index in [-0.39, 0.29) is 0 Å². The summed E-state index contributed by atoms with van der Waals surface area (Å²) >= 11 is 0. The Morgan fingerprint density at radius 1 is 1.00 bits per heavy atom. The fourth-order valence-electron chi connectivity index (χ4n) is 3.04. The molecule has 3 aliphatic rings. The van der Waals surface area contributed by atoms with Crippen LogP contribution in [-0.4, -0.2) is 17.2 Å². The van der Waals surface area contributed by atoms with Gasteiger partial charge in [0, 0.05) is 30.4 Å². The number of rotatable bonds is 0. The van der Waals surface area contributed by atoms with Crippen molar-refractivity contribution in [3.63, 3.8) is 0 Å². The number of ketones is 1. The van der Waals surface area contributed by atoms with E-state index in [4.69, 9.17) is 0 Å². The van der Waals surface area contributed by atoms with E-state index in [9.17, 15) is 4.79 Å². The smallest absolute Gasteiger partial charge is 0.159 e. The van der Waals surface area contributed by atoms with Crippen LogP contribution >= 0.6 is 0 Å². The zero-order valence-electron chi connectivity index (χ0n) is 9.09. The lowest BCUT2D eigenvalue weighted by Gasteiger charge is -2.39. The molecule has 0 spiro atoms. The number of carbonyl (C=O) groups excluding carboxylic acids is 1. The largest absolute Gasteiger partial charge is 0.348 e. The van der Waals surface area contributed by atoms with E-state index in [1.807, 2.05) is 6.08 Å². The molecular formula is C13H17NO. The molecule has 15 heavy (non-hydrogen) atoms. The molecule has 0 aromatic rings. The maximum Gasteiger partial charge on any atom is 0.159 e. The van der Waals surface area contributed by atoms with E-state index < -0.39 is 0 Å². The number of hydrogen-bond acceptors (Lipinski definition) is 2. The molecule has 0 saturated carbocycles. The standard InChI is InChI=1S/C13H17NO/c15-12-7-8-14-11(9-12)6-5-10-3-1-2-4-13(10)14/h9H,1-8H2. The maximum atomic E-state index is 11.4. The third-order valence-electron chi connectivity index (χ3n) is 3.82. The van der Waals surface area contributed by atoms with Gasteiger partial charge in [-0.3, -0.25) is 4.79 Å². The number of hydrogen-bond donors (Lipinski definition) is 0. The van der Waals surface area contributed by atoms with Crippen LogP contribution in [0.5, 0.6) is 0 Å². The molecule has 80 valence electrons. The molecule has 0 fully saturated rings. The first-order valence-electron chi connectivity index (χ1n) is 6.06. The molecule has 0 radical (unpaired) electrons. The van der Waals surface area contributed by atoms with Crippen LogP contribution < -0.4 is 0 Å². The summed E-state index contributed by atoms with van der Waals surface area (Å²) in [6.45, 7) is 0.934. The number of allylic oxidation sites excluding steroid dienone is 4. The Bertz CT molecular complexity index is 365. The maximum absolute atomic E-state index is 11.4. The van der Waals surface area contributed by atoms with Crippen LogP contribution in [0.1, 0.15) is 44.9 Å². The van der Waals surface area contributed by atoms with Crippen LogP contribution in [0.15, 0.2) is 23.0 Å². The van der Waals surface area contributed by atoms with Gasteiger partial charge in [-0.15, -0.1) is 0 Å². The van der Waals surface area contributed by atoms with Crippen molar-refractivity contribution in [2.45, 2.75) is 44.9 Å². The zero-order valence-corrected chi connectivity index (χ0v) is 9.09. The minimum Gasteiger partial charge on any atom is -0.348 e. The molecular weight excluding hydrogens is 186 g/mol. The first-order chi connectivity index (χ1) is 7.34. The van der Waals surface area contributed by atoms with Crippen molar-refractivity contribution in [2.75, 3.05) is 6.54 Å². The fourth-order valence-corrected chi connectivity index (χ4v) is 3.04. The Morgan fingerprint density at radius 3 is 2.80 bits per heavy atom. The van der Waals surface area contributed by atoms with E-state index in [2.05, 4.69) is 4.90 Å². The van der Waals surface area contributed by atoms with Gasteiger partial charge in [-0.05, 0) is 38.5 Å². The van der Waals surface area contributed by atoms with Gasteiger partial charge < -0.3 is 4.90 Å². The third kappa shape index (κ3) is 1.52. The highest BCUT2D eigenvalue weighted by Gasteiger charge is 2.28. The van der Waals surface area contributed by atoms with Gasteiger partial charge in [0.25, 0.3) is 0 Å². The summed E-state index contributed by atoms with van der Waals surface area (Å²) in [6, 6.07) is 0. The van der Waals surface area contributed by atoms with Crippen molar-refractivity contribution in [1.29, 1.82) is 0 Å². The van der Waals surface area contributed by atoms with E-state index in [1.165, 1.54) is 37.8 Å². The van der Waals surface area contributed by atoms with Gasteiger partial charge in [0.15, 0.2) is 5.78 Å². The third-order valence-corrected chi connectivity index (χ3v) is 3.82. The highest BCUT2D eigenvalue weighted by Crippen LogP contribution is 2.39. The van der Waals surface area contributed by atoms with Gasteiger partial charge in [-0.1, -0.05) is 5.57 Å². The van der Waals surface area contributed by atoms with Crippen molar-refractivity contribution in [3.8, 4) is 0 Å². The van der Waals surface area contributed by atoms with E-state index >= 15 is 0 Å². The molecule has 0 aromatic heterocycles. The summed E-state index contributed by atoms with van der Waals surface area (Å²) in [5.74, 6) is 0.320. The summed E-state index contributed by atoms with van der Waals surface area (Å²) in [7, 11) is 0. The summed E-state index contributed by atoms with van der Waals surface area (Å²) in [5.41, 5.74) is 4.52. The van der Waals surface area contributed by atoms with Crippen molar-refractivity contribution in [3.05, 3.63) is 23.0 Å². The lowest BCUT2D eigenvalue weighted by Crippen LogP contribution is -2.33. The second-order valence-electron chi connectivity index (χ2n) is 4.76. The Labute approximate surface area is 90.6 Å². The van der Waals surface area contributed by atoms with Gasteiger partial charge in [-0.2, -0.15) is 0 Å². The monoisotopic (exact) mass is 203 g/mol. The Morgan fingerprint density at radius 2 is 1.87 bits per heavy atom. The zero-order chi connectivity index (χ0) is 10.3. The first kappa shape index (κ1) is 9.20. The first-order valence-corrected chi connectivity index (χ1v) is 6.06. The molecule has 1 aliphatic carbocycles. The summed E-state index contributed by atoms with van der Waals surface area (Å²) in [6.07, 6.45) is 10.1. The molecule has 0 aromatic carbocycles. The average Bonchev–Trinajstić information content (AvgIpc) is 2.28. The molecule has 0 saturated heterocycles. The molecule has 2 heteroatoms. The van der Waals surface area contributed by atoms with Gasteiger partial charge >= 0.3 is 0 Å². The van der Waals surface area contributed by atoms with Crippen LogP contribution in [0.25, 0.3) is 0 Å². The lowest BCUT2D eigenvalue weighted by molar-refractivity contribution is -0.115. The quantitative estimate of drug-likeness (QED) is 0.603. The predicted molar refractivity (Wildman–Crippen MR) is 59.1 cm³/mol. The molecule has 0 N–H and O–H groups in total. The SMILES string of the molecule is O=C1C=C2CCC3=C(CCCC3)N2CC1. The van der Waals surface area contributed by atoms with Gasteiger partial charge in [0.1, 0.15) is 0 Å². The normalized spacial score (nSPS) is 26.0. The summed E-state index contributed by atoms with van der Waals surface area (Å²) in [4.78, 5) is 13.8. The molecule has 0 amide bonds. The van der Waals surface area contributed by atoms with E-state index in [1.54, 1.807) is 11.3 Å². The highest BCUT2D eigenvalue weighted by molar-refractivity contribution is 5.91. The predicted octanol–water partition coefficient (Wildman–Crippen LogP) is 2.77. The molecule has 3 rings (SSSR count). The lowest BCUT2D eigenvalue weighted by atomic mass is 9.87. The van der Waals surface area contributed by atoms with E-state index in [0.29, 0.717) is 12.2 Å². The molecule has 0 unspecified atom stereocenters. The van der Waals surface area contributed by atoms with Gasteiger partial charge in [0.05, 0.1) is 0 Å². The van der Waals surface area contributed by atoms with Crippen molar-refractivity contribution in [1.82, 2.24) is 4.90 Å². The Balaban J connectivity index is 1.96. The van der Waals surface area contributed by atoms with E-state index in [0.717, 1.165) is 13.0 Å². The Kier molecular flexibility index (Phi) is 2.15. The summed E-state index contributed by atoms with van der Waals surface area (Å²) < 4.78 is 0. The molecule has 2 aliphatic heterocycles. The van der Waals surface area contributed by atoms with Crippen molar-refractivity contribution < 1.29 is 4.79 Å². The second-order valence-corrected chi connectivity index (χ2v) is 4.76. The molecule has 2 heterocycles. The van der Waals surface area contributed by atoms with Crippen LogP contribution in [0.4, 0.5) is 0 Å². The van der Waals surface area contributed by atoms with Crippen molar-refractivity contribution in [2.24, 2.45) is 0 Å². The van der Waals surface area contributed by atoms with Gasteiger partial charge in [-0.25, -0.2) is 0 Å². The van der Waals surface area contributed by atoms with Crippen LogP contribution in [0, 0.1) is 0 Å². The molecule has 0 bridgehead atoms. The van der Waals surface area contributed by atoms with Crippen LogP contribution in [0.3, 0.4) is 0 Å². The van der Waals surface area contributed by atoms with Crippen LogP contribution in [0.2, 0.25) is 0 Å². The fraction of sp³-hybridized carbons (Fsp3) is 0.615. The Hall–Kier alpha value is -1.05. The minimum atomic E-state index is 0.320. The molecule has 2 nitrogen and oxygen atoms in total. The molecule has 0 atom stereocenters. The number of carbonyl (C=O) groups is 1.